The molecule has 2 heterocycles. The molecule has 3 heteroatoms. The van der Waals surface area contributed by atoms with Crippen LogP contribution in [0.2, 0.25) is 0 Å². The van der Waals surface area contributed by atoms with Gasteiger partial charge in [-0.2, -0.15) is 0 Å². The molecule has 16 heavy (non-hydrogen) atoms. The number of rotatable bonds is 3. The van der Waals surface area contributed by atoms with Crippen LogP contribution in [0.25, 0.3) is 0 Å². The van der Waals surface area contributed by atoms with Crippen molar-refractivity contribution in [2.75, 3.05) is 0 Å². The monoisotopic (exact) mass is 221 g/mol. The molecule has 2 rings (SSSR count). The molecule has 1 aromatic rings. The van der Waals surface area contributed by atoms with Crippen molar-refractivity contribution < 1.29 is 0 Å². The highest BCUT2D eigenvalue weighted by molar-refractivity contribution is 5.05. The minimum atomic E-state index is 0.594. The van der Waals surface area contributed by atoms with E-state index in [1.165, 1.54) is 12.2 Å². The normalized spacial score (nSPS) is 22.2. The number of imidazole rings is 1. The third-order valence-corrected chi connectivity index (χ3v) is 3.61. The van der Waals surface area contributed by atoms with E-state index in [2.05, 4.69) is 48.8 Å². The Morgan fingerprint density at radius 2 is 2.19 bits per heavy atom. The lowest BCUT2D eigenvalue weighted by molar-refractivity contribution is 0.312. The molecule has 0 fully saturated rings. The fourth-order valence-corrected chi connectivity index (χ4v) is 2.29. The Labute approximate surface area is 98.3 Å². The van der Waals surface area contributed by atoms with Crippen molar-refractivity contribution in [3.63, 3.8) is 0 Å². The van der Waals surface area contributed by atoms with Crippen LogP contribution in [0.1, 0.15) is 38.7 Å². The van der Waals surface area contributed by atoms with Crippen molar-refractivity contribution in [2.45, 2.75) is 59.2 Å². The molecule has 2 unspecified atom stereocenters. The topological polar surface area (TPSA) is 29.9 Å². The molecule has 0 aliphatic carbocycles. The first-order valence-electron chi connectivity index (χ1n) is 6.35. The Morgan fingerprint density at radius 1 is 1.44 bits per heavy atom. The molecule has 0 saturated carbocycles. The zero-order chi connectivity index (χ0) is 11.7. The molecule has 1 aromatic heterocycles. The number of nitrogens with one attached hydrogen (secondary N) is 1. The van der Waals surface area contributed by atoms with Crippen LogP contribution in [0.4, 0.5) is 0 Å². The molecule has 0 saturated heterocycles. The van der Waals surface area contributed by atoms with Gasteiger partial charge in [0.25, 0.3) is 0 Å². The summed E-state index contributed by atoms with van der Waals surface area (Å²) in [7, 11) is 0. The van der Waals surface area contributed by atoms with Crippen LogP contribution in [-0.4, -0.2) is 21.6 Å². The first-order valence-corrected chi connectivity index (χ1v) is 6.35. The van der Waals surface area contributed by atoms with E-state index in [9.17, 15) is 0 Å². The number of aryl methyl sites for hydroxylation is 2. The summed E-state index contributed by atoms with van der Waals surface area (Å²) in [4.78, 5) is 4.54. The van der Waals surface area contributed by atoms with Crippen LogP contribution in [0.15, 0.2) is 6.20 Å². The van der Waals surface area contributed by atoms with E-state index in [-0.39, 0.29) is 0 Å². The summed E-state index contributed by atoms with van der Waals surface area (Å²) in [5, 5.41) is 3.72. The fraction of sp³-hybridized carbons (Fsp3) is 0.769. The highest BCUT2D eigenvalue weighted by Gasteiger charge is 2.21. The summed E-state index contributed by atoms with van der Waals surface area (Å²) < 4.78 is 2.31. The first-order chi connectivity index (χ1) is 7.56. The summed E-state index contributed by atoms with van der Waals surface area (Å²) in [5.41, 5.74) is 1.15. The average molecular weight is 221 g/mol. The lowest BCUT2D eigenvalue weighted by Gasteiger charge is -2.29. The minimum Gasteiger partial charge on any atom is -0.333 e. The summed E-state index contributed by atoms with van der Waals surface area (Å²) >= 11 is 0. The van der Waals surface area contributed by atoms with E-state index in [0.717, 1.165) is 18.7 Å². The van der Waals surface area contributed by atoms with E-state index in [1.807, 2.05) is 0 Å². The van der Waals surface area contributed by atoms with Gasteiger partial charge in [0.15, 0.2) is 0 Å². The van der Waals surface area contributed by atoms with Gasteiger partial charge in [-0.3, -0.25) is 0 Å². The SMILES string of the molecule is Cc1cn2c(n1)CCC(NC(C)C(C)C)C2. The summed E-state index contributed by atoms with van der Waals surface area (Å²) in [6.07, 6.45) is 4.49. The molecule has 0 aromatic carbocycles. The molecule has 0 amide bonds. The Bertz CT molecular complexity index is 354. The van der Waals surface area contributed by atoms with E-state index in [4.69, 9.17) is 0 Å². The van der Waals surface area contributed by atoms with Gasteiger partial charge in [0.1, 0.15) is 5.82 Å². The number of nitrogens with zero attached hydrogens (tertiary/aromatic N) is 2. The van der Waals surface area contributed by atoms with Gasteiger partial charge in [-0.25, -0.2) is 4.98 Å². The van der Waals surface area contributed by atoms with E-state index in [0.29, 0.717) is 18.0 Å². The zero-order valence-electron chi connectivity index (χ0n) is 10.8. The standard InChI is InChI=1S/C13H23N3/c1-9(2)11(4)15-12-5-6-13-14-10(3)7-16(13)8-12/h7,9,11-12,15H,5-6,8H2,1-4H3. The Balaban J connectivity index is 1.97. The first kappa shape index (κ1) is 11.6. The number of aromatic nitrogens is 2. The maximum Gasteiger partial charge on any atom is 0.109 e. The lowest BCUT2D eigenvalue weighted by atomic mass is 10.0. The predicted octanol–water partition coefficient (Wildman–Crippen LogP) is 2.14. The van der Waals surface area contributed by atoms with E-state index < -0.39 is 0 Å². The molecular formula is C13H23N3. The van der Waals surface area contributed by atoms with Crippen molar-refractivity contribution in [3.05, 3.63) is 17.7 Å². The third-order valence-electron chi connectivity index (χ3n) is 3.61. The molecule has 0 radical (unpaired) electrons. The van der Waals surface area contributed by atoms with Crippen LogP contribution in [0, 0.1) is 12.8 Å². The van der Waals surface area contributed by atoms with E-state index >= 15 is 0 Å². The molecule has 0 bridgehead atoms. The maximum absolute atomic E-state index is 4.54. The van der Waals surface area contributed by atoms with Gasteiger partial charge in [0.05, 0.1) is 5.69 Å². The molecule has 1 aliphatic heterocycles. The second-order valence-corrected chi connectivity index (χ2v) is 5.39. The Morgan fingerprint density at radius 3 is 2.88 bits per heavy atom. The second kappa shape index (κ2) is 4.58. The minimum absolute atomic E-state index is 0.594. The highest BCUT2D eigenvalue weighted by atomic mass is 15.1. The second-order valence-electron chi connectivity index (χ2n) is 5.39. The van der Waals surface area contributed by atoms with Crippen molar-refractivity contribution in [2.24, 2.45) is 5.92 Å². The summed E-state index contributed by atoms with van der Waals surface area (Å²) in [5.74, 6) is 1.96. The van der Waals surface area contributed by atoms with E-state index in [1.54, 1.807) is 0 Å². The molecule has 1 aliphatic rings. The lowest BCUT2D eigenvalue weighted by Crippen LogP contribution is -2.44. The van der Waals surface area contributed by atoms with Gasteiger partial charge in [0.2, 0.25) is 0 Å². The molecule has 3 nitrogen and oxygen atoms in total. The van der Waals surface area contributed by atoms with Crippen LogP contribution in [-0.2, 0) is 13.0 Å². The van der Waals surface area contributed by atoms with Gasteiger partial charge in [-0.1, -0.05) is 13.8 Å². The molecule has 0 spiro atoms. The zero-order valence-corrected chi connectivity index (χ0v) is 10.8. The quantitative estimate of drug-likeness (QED) is 0.847. The fourth-order valence-electron chi connectivity index (χ4n) is 2.29. The molecule has 1 N–H and O–H groups in total. The Kier molecular flexibility index (Phi) is 3.33. The van der Waals surface area contributed by atoms with Crippen LogP contribution >= 0.6 is 0 Å². The number of fused-ring (bicyclic) bond motifs is 1. The maximum atomic E-state index is 4.54. The third kappa shape index (κ3) is 2.46. The molecule has 90 valence electrons. The Hall–Kier alpha value is -0.830. The van der Waals surface area contributed by atoms with Crippen LogP contribution in [0.3, 0.4) is 0 Å². The van der Waals surface area contributed by atoms with Gasteiger partial charge in [-0.05, 0) is 26.2 Å². The highest BCUT2D eigenvalue weighted by Crippen LogP contribution is 2.16. The van der Waals surface area contributed by atoms with Crippen LogP contribution < -0.4 is 5.32 Å². The van der Waals surface area contributed by atoms with Gasteiger partial charge < -0.3 is 9.88 Å². The number of hydrogen-bond donors (Lipinski definition) is 1. The van der Waals surface area contributed by atoms with Gasteiger partial charge in [0, 0.05) is 31.2 Å². The average Bonchev–Trinajstić information content (AvgIpc) is 2.57. The van der Waals surface area contributed by atoms with Crippen LogP contribution in [0.5, 0.6) is 0 Å². The smallest absolute Gasteiger partial charge is 0.109 e. The van der Waals surface area contributed by atoms with Crippen molar-refractivity contribution in [1.82, 2.24) is 14.9 Å². The number of hydrogen-bond acceptors (Lipinski definition) is 2. The summed E-state index contributed by atoms with van der Waals surface area (Å²) in [6, 6.07) is 1.20. The van der Waals surface area contributed by atoms with Gasteiger partial charge >= 0.3 is 0 Å². The van der Waals surface area contributed by atoms with Crippen molar-refractivity contribution >= 4 is 0 Å². The van der Waals surface area contributed by atoms with Gasteiger partial charge in [-0.15, -0.1) is 0 Å². The predicted molar refractivity (Wildman–Crippen MR) is 66.5 cm³/mol. The van der Waals surface area contributed by atoms with Crippen molar-refractivity contribution in [3.8, 4) is 0 Å². The van der Waals surface area contributed by atoms with Crippen molar-refractivity contribution in [1.29, 1.82) is 0 Å². The largest absolute Gasteiger partial charge is 0.333 e. The molecule has 2 atom stereocenters. The summed E-state index contributed by atoms with van der Waals surface area (Å²) in [6.45, 7) is 9.97. The molecular weight excluding hydrogens is 198 g/mol.